The van der Waals surface area contributed by atoms with Crippen LogP contribution in [0.1, 0.15) is 0 Å². The molecular weight excluding hydrogens is 152 g/mol. The van der Waals surface area contributed by atoms with Gasteiger partial charge in [0.2, 0.25) is 5.39 Å². The molecule has 2 aromatic rings. The molecule has 0 radical (unpaired) electrons. The summed E-state index contributed by atoms with van der Waals surface area (Å²) in [6.45, 7) is 0. The molecule has 2 rings (SSSR count). The molecule has 0 saturated heterocycles. The van der Waals surface area contributed by atoms with Gasteiger partial charge in [-0.1, -0.05) is 0 Å². The Morgan fingerprint density at radius 2 is 2.17 bits per heavy atom. The molecule has 0 spiro atoms. The van der Waals surface area contributed by atoms with Crippen molar-refractivity contribution in [2.45, 2.75) is 0 Å². The van der Waals surface area contributed by atoms with Gasteiger partial charge in [-0.25, -0.2) is 4.98 Å². The molecule has 0 aliphatic carbocycles. The van der Waals surface area contributed by atoms with Crippen molar-refractivity contribution in [3.05, 3.63) is 35.6 Å². The van der Waals surface area contributed by atoms with Gasteiger partial charge in [0.05, 0.1) is 17.1 Å². The average Bonchev–Trinajstić information content (AvgIpc) is 2.17. The third-order valence-corrected chi connectivity index (χ3v) is 1.55. The lowest BCUT2D eigenvalue weighted by Crippen LogP contribution is -1.79. The third kappa shape index (κ3) is 0.974. The lowest BCUT2D eigenvalue weighted by molar-refractivity contribution is 1.33. The van der Waals surface area contributed by atoms with Crippen molar-refractivity contribution in [2.24, 2.45) is 0 Å². The predicted molar refractivity (Wildman–Crippen MR) is 44.3 cm³/mol. The maximum Gasteiger partial charge on any atom is 0.405 e. The van der Waals surface area contributed by atoms with Crippen LogP contribution in [0.15, 0.2) is 30.6 Å². The van der Waals surface area contributed by atoms with Gasteiger partial charge >= 0.3 is 5.69 Å². The van der Waals surface area contributed by atoms with Gasteiger partial charge in [0, 0.05) is 6.20 Å². The Morgan fingerprint density at radius 3 is 3.00 bits per heavy atom. The summed E-state index contributed by atoms with van der Waals surface area (Å²) in [6.07, 6.45) is 3.16. The van der Waals surface area contributed by atoms with E-state index >= 15 is 0 Å². The number of nitrogens with zero attached hydrogens (tertiary/aromatic N) is 4. The van der Waals surface area contributed by atoms with E-state index in [1.807, 2.05) is 12.1 Å². The number of hydrogen-bond acceptors (Lipinski definition) is 3. The highest BCUT2D eigenvalue weighted by molar-refractivity contribution is 5.77. The largest absolute Gasteiger partial charge is 0.405 e. The first kappa shape index (κ1) is 6.68. The van der Waals surface area contributed by atoms with Crippen LogP contribution >= 0.6 is 0 Å². The highest BCUT2D eigenvalue weighted by Gasteiger charge is 2.05. The molecule has 4 heteroatoms. The zero-order valence-electron chi connectivity index (χ0n) is 6.18. The molecule has 4 nitrogen and oxygen atoms in total. The van der Waals surface area contributed by atoms with Crippen LogP contribution in [0.2, 0.25) is 0 Å². The zero-order chi connectivity index (χ0) is 8.39. The van der Waals surface area contributed by atoms with Crippen LogP contribution in [0, 0.1) is 5.39 Å². The van der Waals surface area contributed by atoms with E-state index in [1.165, 1.54) is 6.20 Å². The summed E-state index contributed by atoms with van der Waals surface area (Å²) in [5.41, 5.74) is 1.94. The van der Waals surface area contributed by atoms with Crippen LogP contribution in [0.4, 0.5) is 5.69 Å². The zero-order valence-corrected chi connectivity index (χ0v) is 6.18. The summed E-state index contributed by atoms with van der Waals surface area (Å²) >= 11 is 0. The van der Waals surface area contributed by atoms with E-state index in [-0.39, 0.29) is 0 Å². The third-order valence-electron chi connectivity index (χ3n) is 1.55. The van der Waals surface area contributed by atoms with Gasteiger partial charge in [0.25, 0.3) is 0 Å². The Morgan fingerprint density at radius 1 is 1.25 bits per heavy atom. The second kappa shape index (κ2) is 2.55. The number of diazo groups is 1. The van der Waals surface area contributed by atoms with Gasteiger partial charge in [-0.05, 0) is 12.1 Å². The van der Waals surface area contributed by atoms with Crippen LogP contribution in [0.3, 0.4) is 0 Å². The topological polar surface area (TPSA) is 53.9 Å². The minimum Gasteiger partial charge on any atom is -0.254 e. The van der Waals surface area contributed by atoms with Crippen LogP contribution in [0.25, 0.3) is 16.0 Å². The normalized spacial score (nSPS) is 9.58. The van der Waals surface area contributed by atoms with E-state index in [0.29, 0.717) is 5.69 Å². The highest BCUT2D eigenvalue weighted by Crippen LogP contribution is 2.15. The Kier molecular flexibility index (Phi) is 1.42. The molecule has 0 unspecified atom stereocenters. The van der Waals surface area contributed by atoms with Gasteiger partial charge < -0.3 is 0 Å². The Hall–Kier alpha value is -2.02. The van der Waals surface area contributed by atoms with Crippen molar-refractivity contribution in [2.75, 3.05) is 0 Å². The summed E-state index contributed by atoms with van der Waals surface area (Å²) in [7, 11) is 0. The molecule has 0 bridgehead atoms. The van der Waals surface area contributed by atoms with Crippen LogP contribution in [-0.4, -0.2) is 9.97 Å². The molecule has 0 saturated carbocycles. The smallest absolute Gasteiger partial charge is 0.254 e. The first-order valence-corrected chi connectivity index (χ1v) is 3.46. The van der Waals surface area contributed by atoms with E-state index in [4.69, 9.17) is 5.39 Å². The Labute approximate surface area is 68.5 Å². The first-order valence-electron chi connectivity index (χ1n) is 3.46. The van der Waals surface area contributed by atoms with E-state index in [1.54, 1.807) is 12.3 Å². The van der Waals surface area contributed by atoms with E-state index in [0.717, 1.165) is 11.0 Å². The van der Waals surface area contributed by atoms with Gasteiger partial charge in [-0.15, -0.1) is 0 Å². The monoisotopic (exact) mass is 157 g/mol. The van der Waals surface area contributed by atoms with Gasteiger partial charge in [-0.2, -0.15) is 0 Å². The van der Waals surface area contributed by atoms with Crippen LogP contribution in [-0.2, 0) is 0 Å². The minimum absolute atomic E-state index is 0.418. The number of fused-ring (bicyclic) bond motifs is 1. The summed E-state index contributed by atoms with van der Waals surface area (Å²) in [4.78, 5) is 11.1. The number of hydrogen-bond donors (Lipinski definition) is 0. The second-order valence-corrected chi connectivity index (χ2v) is 2.34. The standard InChI is InChI=1S/C8H5N4/c9-12-6-4-8-7(11-5-6)2-1-3-10-8/h1-5H/q+1. The molecular formula is C8H5N4+. The van der Waals surface area contributed by atoms with Crippen molar-refractivity contribution in [3.63, 3.8) is 0 Å². The van der Waals surface area contributed by atoms with Crippen LogP contribution < -0.4 is 0 Å². The van der Waals surface area contributed by atoms with Crippen molar-refractivity contribution in [1.82, 2.24) is 9.97 Å². The maximum atomic E-state index is 8.45. The fraction of sp³-hybridized carbons (Fsp3) is 0. The summed E-state index contributed by atoms with van der Waals surface area (Å²) in [6, 6.07) is 5.33. The van der Waals surface area contributed by atoms with Crippen LogP contribution in [0.5, 0.6) is 0 Å². The molecule has 56 valence electrons. The van der Waals surface area contributed by atoms with Crippen molar-refractivity contribution < 1.29 is 0 Å². The molecule has 0 N–H and O–H groups in total. The van der Waals surface area contributed by atoms with E-state index in [9.17, 15) is 0 Å². The summed E-state index contributed by atoms with van der Waals surface area (Å²) < 4.78 is 0. The number of rotatable bonds is 0. The highest BCUT2D eigenvalue weighted by atomic mass is 14.9. The average molecular weight is 157 g/mol. The fourth-order valence-corrected chi connectivity index (χ4v) is 0.997. The van der Waals surface area contributed by atoms with Crippen molar-refractivity contribution in [3.8, 4) is 0 Å². The van der Waals surface area contributed by atoms with Crippen molar-refractivity contribution in [1.29, 1.82) is 5.39 Å². The molecule has 2 heterocycles. The molecule has 12 heavy (non-hydrogen) atoms. The molecule has 0 fully saturated rings. The van der Waals surface area contributed by atoms with Gasteiger partial charge in [0.1, 0.15) is 6.20 Å². The summed E-state index contributed by atoms with van der Waals surface area (Å²) in [5.74, 6) is 0. The molecule has 0 atom stereocenters. The van der Waals surface area contributed by atoms with Crippen molar-refractivity contribution >= 4 is 16.7 Å². The maximum absolute atomic E-state index is 8.45. The summed E-state index contributed by atoms with van der Waals surface area (Å²) in [5, 5.41) is 8.45. The predicted octanol–water partition coefficient (Wildman–Crippen LogP) is 2.11. The molecule has 2 aromatic heterocycles. The minimum atomic E-state index is 0.418. The second-order valence-electron chi connectivity index (χ2n) is 2.34. The fourth-order valence-electron chi connectivity index (χ4n) is 0.997. The molecule has 0 aliphatic heterocycles. The molecule has 0 aromatic carbocycles. The van der Waals surface area contributed by atoms with E-state index < -0.39 is 0 Å². The first-order chi connectivity index (χ1) is 5.90. The molecule has 0 aliphatic rings. The number of pyridine rings is 2. The Bertz CT molecular complexity index is 458. The molecule has 0 amide bonds. The lowest BCUT2D eigenvalue weighted by Gasteiger charge is -1.89. The quantitative estimate of drug-likeness (QED) is 0.550. The van der Waals surface area contributed by atoms with Gasteiger partial charge in [0.15, 0.2) is 4.98 Å². The SMILES string of the molecule is N#[N+]c1cnc2cccnc2c1. The van der Waals surface area contributed by atoms with Gasteiger partial charge in [-0.3, -0.25) is 4.98 Å². The lowest BCUT2D eigenvalue weighted by atomic mass is 10.3. The Balaban J connectivity index is 2.78. The number of aromatic nitrogens is 2. The van der Waals surface area contributed by atoms with E-state index in [2.05, 4.69) is 14.9 Å².